The molecule has 164 valence electrons. The zero-order chi connectivity index (χ0) is 22.2. The number of fused-ring (bicyclic) bond motifs is 2. The lowest BCUT2D eigenvalue weighted by Crippen LogP contribution is -2.52. The summed E-state index contributed by atoms with van der Waals surface area (Å²) >= 11 is 0. The van der Waals surface area contributed by atoms with Crippen LogP contribution in [0.1, 0.15) is 46.9 Å². The number of rotatable bonds is 5. The zero-order valence-corrected chi connectivity index (χ0v) is 18.4. The molecule has 0 unspecified atom stereocenters. The highest BCUT2D eigenvalue weighted by molar-refractivity contribution is 7.89. The van der Waals surface area contributed by atoms with Crippen LogP contribution in [0, 0.1) is 0 Å². The normalized spacial score (nSPS) is 22.0. The molecule has 9 nitrogen and oxygen atoms in total. The van der Waals surface area contributed by atoms with Crippen LogP contribution in [0.2, 0.25) is 0 Å². The maximum Gasteiger partial charge on any atom is 0.239 e. The Labute approximate surface area is 181 Å². The van der Waals surface area contributed by atoms with Gasteiger partial charge in [0.05, 0.1) is 24.8 Å². The van der Waals surface area contributed by atoms with Gasteiger partial charge in [0.25, 0.3) is 0 Å². The van der Waals surface area contributed by atoms with Crippen molar-refractivity contribution in [3.05, 3.63) is 53.0 Å². The van der Waals surface area contributed by atoms with Gasteiger partial charge in [0, 0.05) is 13.5 Å². The second kappa shape index (κ2) is 7.92. The minimum Gasteiger partial charge on any atom is -0.477 e. The van der Waals surface area contributed by atoms with E-state index in [2.05, 4.69) is 15.0 Å². The van der Waals surface area contributed by atoms with E-state index in [-0.39, 0.29) is 29.6 Å². The molecule has 0 amide bonds. The van der Waals surface area contributed by atoms with Gasteiger partial charge in [-0.2, -0.15) is 0 Å². The van der Waals surface area contributed by atoms with Crippen LogP contribution in [0.3, 0.4) is 0 Å². The molecule has 2 aliphatic rings. The van der Waals surface area contributed by atoms with E-state index in [0.717, 1.165) is 33.8 Å². The van der Waals surface area contributed by atoms with Crippen molar-refractivity contribution < 1.29 is 17.9 Å². The predicted octanol–water partition coefficient (Wildman–Crippen LogP) is 1.42. The lowest BCUT2D eigenvalue weighted by molar-refractivity contribution is 0.0987. The average molecular weight is 444 g/mol. The Morgan fingerprint density at radius 2 is 2.10 bits per heavy atom. The van der Waals surface area contributed by atoms with Crippen LogP contribution in [0.15, 0.2) is 35.6 Å². The molecule has 0 saturated carbocycles. The molecule has 4 rings (SSSR count). The summed E-state index contributed by atoms with van der Waals surface area (Å²) in [5.41, 5.74) is 7.94. The molecule has 10 heteroatoms. The topological polar surface area (TPSA) is 128 Å². The van der Waals surface area contributed by atoms with Gasteiger partial charge in [-0.05, 0) is 42.9 Å². The molecule has 1 aliphatic carbocycles. The molecule has 0 saturated heterocycles. The van der Waals surface area contributed by atoms with E-state index in [0.29, 0.717) is 18.9 Å². The quantitative estimate of drug-likeness (QED) is 0.692. The third-order valence-electron chi connectivity index (χ3n) is 5.77. The Kier molecular flexibility index (Phi) is 5.42. The third-order valence-corrected chi connectivity index (χ3v) is 7.64. The summed E-state index contributed by atoms with van der Waals surface area (Å²) in [5, 5.41) is 0. The molecule has 0 bridgehead atoms. The van der Waals surface area contributed by atoms with Crippen LogP contribution < -0.4 is 10.5 Å². The number of ether oxygens (including phenoxy) is 1. The van der Waals surface area contributed by atoms with Crippen molar-refractivity contribution >= 4 is 21.8 Å². The van der Waals surface area contributed by atoms with Gasteiger partial charge in [0.2, 0.25) is 21.9 Å². The molecule has 0 fully saturated rings. The maximum absolute atomic E-state index is 12.7. The number of sulfonamides is 1. The maximum atomic E-state index is 12.7. The number of benzene rings is 1. The molecule has 1 aromatic heterocycles. The zero-order valence-electron chi connectivity index (χ0n) is 17.5. The third kappa shape index (κ3) is 3.99. The lowest BCUT2D eigenvalue weighted by atomic mass is 9.77. The average Bonchev–Trinajstić information content (AvgIpc) is 2.73. The van der Waals surface area contributed by atoms with E-state index in [4.69, 9.17) is 10.5 Å². The highest BCUT2D eigenvalue weighted by Crippen LogP contribution is 2.42. The van der Waals surface area contributed by atoms with Gasteiger partial charge in [-0.15, -0.1) is 0 Å². The van der Waals surface area contributed by atoms with E-state index in [1.807, 2.05) is 25.1 Å². The first-order chi connectivity index (χ1) is 14.7. The second-order valence-electron chi connectivity index (χ2n) is 7.84. The van der Waals surface area contributed by atoms with Gasteiger partial charge in [-0.3, -0.25) is 4.79 Å². The number of aryl methyl sites for hydroxylation is 1. The smallest absolute Gasteiger partial charge is 0.239 e. The Hall–Kier alpha value is -3.01. The van der Waals surface area contributed by atoms with Crippen LogP contribution in [0.4, 0.5) is 0 Å². The Morgan fingerprint density at radius 1 is 1.29 bits per heavy atom. The largest absolute Gasteiger partial charge is 0.477 e. The first-order valence-corrected chi connectivity index (χ1v) is 11.8. The van der Waals surface area contributed by atoms with Gasteiger partial charge >= 0.3 is 0 Å². The van der Waals surface area contributed by atoms with Gasteiger partial charge in [-0.1, -0.05) is 18.2 Å². The van der Waals surface area contributed by atoms with Crippen molar-refractivity contribution in [3.63, 3.8) is 0 Å². The molecule has 1 aromatic carbocycles. The van der Waals surface area contributed by atoms with Gasteiger partial charge in [0.15, 0.2) is 5.78 Å². The molecular formula is C21H25N5O4S. The number of hydrogen-bond donors (Lipinski definition) is 1. The Bertz CT molecular complexity index is 1150. The SMILES string of the molecule is CCOc1cnc(C(=O)Cc2ccc3c(c2)[C@]2(CCC3)CS(=O)(=O)N(C)C(N)=N2)cn1. The molecule has 2 aromatic rings. The highest BCUT2D eigenvalue weighted by Gasteiger charge is 2.45. The number of ketones is 1. The summed E-state index contributed by atoms with van der Waals surface area (Å²) in [6.45, 7) is 2.31. The molecule has 0 radical (unpaired) electrons. The number of carbonyl (C=O) groups is 1. The summed E-state index contributed by atoms with van der Waals surface area (Å²) in [5.74, 6) is 0.0460. The first kappa shape index (κ1) is 21.2. The molecule has 2 heterocycles. The van der Waals surface area contributed by atoms with E-state index in [1.165, 1.54) is 19.4 Å². The Morgan fingerprint density at radius 3 is 2.77 bits per heavy atom. The fourth-order valence-electron chi connectivity index (χ4n) is 4.18. The number of aromatic nitrogens is 2. The van der Waals surface area contributed by atoms with Crippen molar-refractivity contribution in [2.75, 3.05) is 19.4 Å². The van der Waals surface area contributed by atoms with Crippen molar-refractivity contribution in [3.8, 4) is 5.88 Å². The Balaban J connectivity index is 1.65. The van der Waals surface area contributed by atoms with Gasteiger partial charge in [0.1, 0.15) is 11.2 Å². The van der Waals surface area contributed by atoms with E-state index in [9.17, 15) is 13.2 Å². The van der Waals surface area contributed by atoms with Gasteiger partial charge in [-0.25, -0.2) is 27.7 Å². The summed E-state index contributed by atoms with van der Waals surface area (Å²) in [6.07, 6.45) is 5.21. The molecule has 31 heavy (non-hydrogen) atoms. The summed E-state index contributed by atoms with van der Waals surface area (Å²) in [7, 11) is -2.15. The van der Waals surface area contributed by atoms with Crippen LogP contribution in [-0.4, -0.2) is 53.8 Å². The molecule has 1 aliphatic heterocycles. The van der Waals surface area contributed by atoms with Crippen molar-refractivity contribution in [2.45, 2.75) is 38.1 Å². The predicted molar refractivity (Wildman–Crippen MR) is 115 cm³/mol. The van der Waals surface area contributed by atoms with Crippen LogP contribution >= 0.6 is 0 Å². The van der Waals surface area contributed by atoms with Gasteiger partial charge < -0.3 is 10.5 Å². The summed E-state index contributed by atoms with van der Waals surface area (Å²) in [4.78, 5) is 25.6. The van der Waals surface area contributed by atoms with Crippen molar-refractivity contribution in [1.29, 1.82) is 0 Å². The number of aliphatic imine (C=N–C) groups is 1. The van der Waals surface area contributed by atoms with Crippen LogP contribution in [-0.2, 0) is 28.4 Å². The van der Waals surface area contributed by atoms with Crippen molar-refractivity contribution in [1.82, 2.24) is 14.3 Å². The summed E-state index contributed by atoms with van der Waals surface area (Å²) in [6, 6.07) is 5.75. The number of guanidine groups is 1. The lowest BCUT2D eigenvalue weighted by Gasteiger charge is -2.40. The number of nitrogens with zero attached hydrogens (tertiary/aromatic N) is 4. The van der Waals surface area contributed by atoms with Crippen molar-refractivity contribution in [2.24, 2.45) is 10.7 Å². The first-order valence-electron chi connectivity index (χ1n) is 10.2. The minimum absolute atomic E-state index is 0.00904. The minimum atomic E-state index is -3.57. The fourth-order valence-corrected chi connectivity index (χ4v) is 5.67. The van der Waals surface area contributed by atoms with E-state index in [1.54, 1.807) is 0 Å². The molecule has 2 N–H and O–H groups in total. The second-order valence-corrected chi connectivity index (χ2v) is 9.84. The van der Waals surface area contributed by atoms with Crippen LogP contribution in [0.25, 0.3) is 0 Å². The summed E-state index contributed by atoms with van der Waals surface area (Å²) < 4.78 is 31.7. The number of nitrogens with two attached hydrogens (primary N) is 1. The highest BCUT2D eigenvalue weighted by atomic mass is 32.2. The standard InChI is InChI=1S/C21H25N5O4S/c1-3-30-19-12-23-17(11-24-19)18(27)10-14-6-7-15-5-4-8-21(16(15)9-14)13-31(28,29)26(2)20(22)25-21/h6-7,9,11-12H,3-5,8,10,13H2,1-2H3,(H2,22,25)/t21-/m0/s1. The number of Topliss-reactive ketones (excluding diaryl/α,β-unsaturated/α-hetero) is 1. The monoisotopic (exact) mass is 443 g/mol. The molecular weight excluding hydrogens is 418 g/mol. The molecule has 1 spiro atoms. The van der Waals surface area contributed by atoms with Crippen LogP contribution in [0.5, 0.6) is 5.88 Å². The van der Waals surface area contributed by atoms with E-state index >= 15 is 0 Å². The number of hydrogen-bond acceptors (Lipinski definition) is 8. The fraction of sp³-hybridized carbons (Fsp3) is 0.429. The van der Waals surface area contributed by atoms with E-state index < -0.39 is 15.6 Å². The number of carbonyl (C=O) groups excluding carboxylic acids is 1. The molecule has 1 atom stereocenters.